The summed E-state index contributed by atoms with van der Waals surface area (Å²) in [5, 5.41) is 0. The molecule has 6 heteroatoms. The third kappa shape index (κ3) is 3.04. The first-order chi connectivity index (χ1) is 10.8. The quantitative estimate of drug-likeness (QED) is 0.851. The van der Waals surface area contributed by atoms with Crippen LogP contribution >= 0.6 is 0 Å². The number of nitrogens with one attached hydrogen (secondary N) is 1. The Morgan fingerprint density at radius 1 is 1.00 bits per heavy atom. The number of hydrogen-bond acceptors (Lipinski definition) is 3. The summed E-state index contributed by atoms with van der Waals surface area (Å²) >= 11 is 0. The number of carbonyl (C=O) groups is 1. The summed E-state index contributed by atoms with van der Waals surface area (Å²) < 4.78 is 25.4. The minimum absolute atomic E-state index is 0.00888. The maximum atomic E-state index is 13.2. The van der Waals surface area contributed by atoms with Crippen LogP contribution in [0.3, 0.4) is 0 Å². The van der Waals surface area contributed by atoms with Crippen molar-refractivity contribution in [2.45, 2.75) is 57.4 Å². The number of piperidine rings is 1. The largest absolute Gasteiger partial charge is 0.342 e. The van der Waals surface area contributed by atoms with E-state index in [1.807, 2.05) is 4.90 Å². The molecule has 0 spiro atoms. The molecule has 0 unspecified atom stereocenters. The number of rotatable bonds is 3. The fraction of sp³-hybridized carbons (Fsp3) is 0.941. The van der Waals surface area contributed by atoms with Gasteiger partial charge >= 0.3 is 0 Å². The monoisotopic (exact) mass is 340 g/mol. The van der Waals surface area contributed by atoms with Crippen LogP contribution in [0.15, 0.2) is 0 Å². The van der Waals surface area contributed by atoms with Crippen LogP contribution in [0.5, 0.6) is 0 Å². The number of sulfonamides is 1. The van der Waals surface area contributed by atoms with Crippen LogP contribution in [-0.4, -0.2) is 44.6 Å². The van der Waals surface area contributed by atoms with Gasteiger partial charge in [-0.1, -0.05) is 0 Å². The highest BCUT2D eigenvalue weighted by Gasteiger charge is 2.55. The van der Waals surface area contributed by atoms with Gasteiger partial charge in [0.05, 0.1) is 11.7 Å². The zero-order valence-electron chi connectivity index (χ0n) is 14.0. The SMILES string of the molecule is CS(=O)(=O)NC1CCN(C(=O)C23CC4CC(CC(C4)C2)C3)CC1. The molecule has 0 aromatic rings. The minimum Gasteiger partial charge on any atom is -0.342 e. The number of carbonyl (C=O) groups excluding carboxylic acids is 1. The van der Waals surface area contributed by atoms with Crippen LogP contribution in [0.2, 0.25) is 0 Å². The van der Waals surface area contributed by atoms with Crippen molar-refractivity contribution in [2.24, 2.45) is 23.2 Å². The lowest BCUT2D eigenvalue weighted by molar-refractivity contribution is -0.158. The van der Waals surface area contributed by atoms with E-state index in [1.54, 1.807) is 0 Å². The zero-order chi connectivity index (χ0) is 16.2. The molecule has 5 aliphatic rings. The lowest BCUT2D eigenvalue weighted by Crippen LogP contribution is -2.56. The molecule has 130 valence electrons. The van der Waals surface area contributed by atoms with Gasteiger partial charge in [0.2, 0.25) is 15.9 Å². The molecule has 4 saturated carbocycles. The van der Waals surface area contributed by atoms with Crippen molar-refractivity contribution in [1.29, 1.82) is 0 Å². The van der Waals surface area contributed by atoms with Crippen molar-refractivity contribution in [3.05, 3.63) is 0 Å². The van der Waals surface area contributed by atoms with E-state index < -0.39 is 10.0 Å². The lowest BCUT2D eigenvalue weighted by Gasteiger charge is -2.57. The maximum Gasteiger partial charge on any atom is 0.228 e. The van der Waals surface area contributed by atoms with Gasteiger partial charge in [0, 0.05) is 19.1 Å². The standard InChI is InChI=1S/C17H28N2O3S/c1-23(21,22)18-15-2-4-19(5-3-15)16(20)17-9-12-6-13(10-17)8-14(7-12)11-17/h12-15,18H,2-11H2,1H3. The van der Waals surface area contributed by atoms with E-state index in [0.717, 1.165) is 49.9 Å². The zero-order valence-corrected chi connectivity index (χ0v) is 14.8. The predicted molar refractivity (Wildman–Crippen MR) is 88.2 cm³/mol. The first-order valence-corrected chi connectivity index (χ1v) is 11.0. The molecule has 4 bridgehead atoms. The highest BCUT2D eigenvalue weighted by Crippen LogP contribution is 2.60. The highest BCUT2D eigenvalue weighted by molar-refractivity contribution is 7.88. The smallest absolute Gasteiger partial charge is 0.228 e. The molecular formula is C17H28N2O3S. The van der Waals surface area contributed by atoms with Gasteiger partial charge < -0.3 is 4.90 Å². The Balaban J connectivity index is 1.41. The maximum absolute atomic E-state index is 13.2. The minimum atomic E-state index is -3.15. The van der Waals surface area contributed by atoms with E-state index in [9.17, 15) is 13.2 Å². The second-order valence-electron chi connectivity index (χ2n) is 8.65. The van der Waals surface area contributed by atoms with Crippen LogP contribution < -0.4 is 4.72 Å². The van der Waals surface area contributed by atoms with E-state index in [1.165, 1.54) is 25.5 Å². The summed E-state index contributed by atoms with van der Waals surface area (Å²) in [6.07, 6.45) is 10.1. The van der Waals surface area contributed by atoms with Gasteiger partial charge in [-0.2, -0.15) is 0 Å². The van der Waals surface area contributed by atoms with E-state index in [4.69, 9.17) is 0 Å². The van der Waals surface area contributed by atoms with Crippen LogP contribution in [0.1, 0.15) is 51.4 Å². The Bertz CT molecular complexity index is 558. The summed E-state index contributed by atoms with van der Waals surface area (Å²) in [4.78, 5) is 15.3. The van der Waals surface area contributed by atoms with Gasteiger partial charge in [-0.25, -0.2) is 13.1 Å². The fourth-order valence-corrected chi connectivity index (χ4v) is 7.05. The molecule has 5 rings (SSSR count). The van der Waals surface area contributed by atoms with E-state index >= 15 is 0 Å². The lowest BCUT2D eigenvalue weighted by atomic mass is 9.49. The van der Waals surface area contributed by atoms with Crippen LogP contribution in [0.25, 0.3) is 0 Å². The average Bonchev–Trinajstić information content (AvgIpc) is 2.44. The second-order valence-corrected chi connectivity index (χ2v) is 10.4. The molecule has 0 aromatic carbocycles. The molecule has 23 heavy (non-hydrogen) atoms. The summed E-state index contributed by atoms with van der Waals surface area (Å²) in [6, 6.07) is -0.00888. The summed E-state index contributed by atoms with van der Waals surface area (Å²) in [5.41, 5.74) is -0.0636. The van der Waals surface area contributed by atoms with Gasteiger partial charge in [0.1, 0.15) is 0 Å². The second kappa shape index (κ2) is 5.45. The topological polar surface area (TPSA) is 66.5 Å². The molecule has 1 aliphatic heterocycles. The summed E-state index contributed by atoms with van der Waals surface area (Å²) in [6.45, 7) is 1.40. The van der Waals surface area contributed by atoms with Gasteiger partial charge in [0.25, 0.3) is 0 Å². The van der Waals surface area contributed by atoms with Crippen molar-refractivity contribution < 1.29 is 13.2 Å². The highest BCUT2D eigenvalue weighted by atomic mass is 32.2. The molecule has 5 fully saturated rings. The molecule has 1 saturated heterocycles. The number of amides is 1. The Morgan fingerprint density at radius 3 is 1.91 bits per heavy atom. The first kappa shape index (κ1) is 15.9. The van der Waals surface area contributed by atoms with Gasteiger partial charge in [-0.3, -0.25) is 4.79 Å². The van der Waals surface area contributed by atoms with Crippen LogP contribution in [-0.2, 0) is 14.8 Å². The molecule has 1 amide bonds. The Morgan fingerprint density at radius 2 is 1.48 bits per heavy atom. The molecule has 4 aliphatic carbocycles. The van der Waals surface area contributed by atoms with E-state index in [2.05, 4.69) is 4.72 Å². The van der Waals surface area contributed by atoms with Crippen molar-refractivity contribution in [3.8, 4) is 0 Å². The summed E-state index contributed by atoms with van der Waals surface area (Å²) in [5.74, 6) is 2.74. The molecule has 0 aromatic heterocycles. The fourth-order valence-electron chi connectivity index (χ4n) is 6.21. The number of nitrogens with zero attached hydrogens (tertiary/aromatic N) is 1. The Kier molecular flexibility index (Phi) is 3.76. The molecule has 5 nitrogen and oxygen atoms in total. The van der Waals surface area contributed by atoms with Crippen molar-refractivity contribution in [2.75, 3.05) is 19.3 Å². The predicted octanol–water partition coefficient (Wildman–Crippen LogP) is 1.74. The number of hydrogen-bond donors (Lipinski definition) is 1. The normalized spacial score (nSPS) is 40.6. The van der Waals surface area contributed by atoms with Crippen LogP contribution in [0.4, 0.5) is 0 Å². The van der Waals surface area contributed by atoms with Gasteiger partial charge in [0.15, 0.2) is 0 Å². The molecule has 0 atom stereocenters. The summed E-state index contributed by atoms with van der Waals surface area (Å²) in [7, 11) is -3.15. The van der Waals surface area contributed by atoms with Crippen molar-refractivity contribution in [3.63, 3.8) is 0 Å². The molecule has 0 radical (unpaired) electrons. The molecular weight excluding hydrogens is 312 g/mol. The third-order valence-electron chi connectivity index (χ3n) is 6.65. The third-order valence-corrected chi connectivity index (χ3v) is 7.42. The Labute approximate surface area is 139 Å². The number of likely N-dealkylation sites (tertiary alicyclic amines) is 1. The van der Waals surface area contributed by atoms with Crippen molar-refractivity contribution in [1.82, 2.24) is 9.62 Å². The molecule has 1 N–H and O–H groups in total. The molecule has 1 heterocycles. The first-order valence-electron chi connectivity index (χ1n) is 9.10. The van der Waals surface area contributed by atoms with E-state index in [-0.39, 0.29) is 11.5 Å². The van der Waals surface area contributed by atoms with E-state index in [0.29, 0.717) is 19.0 Å². The van der Waals surface area contributed by atoms with Crippen LogP contribution in [0, 0.1) is 23.2 Å². The average molecular weight is 340 g/mol. The van der Waals surface area contributed by atoms with Crippen molar-refractivity contribution >= 4 is 15.9 Å². The Hall–Kier alpha value is -0.620. The van der Waals surface area contributed by atoms with Gasteiger partial charge in [-0.15, -0.1) is 0 Å². The van der Waals surface area contributed by atoms with Gasteiger partial charge in [-0.05, 0) is 69.1 Å².